The molecule has 2 heterocycles. The molecule has 2 aromatic heterocycles. The fraction of sp³-hybridized carbons (Fsp3) is 0.158. The highest BCUT2D eigenvalue weighted by Crippen LogP contribution is 2.34. The lowest BCUT2D eigenvalue weighted by molar-refractivity contribution is -0.383. The molecule has 11 nitrogen and oxygen atoms in total. The van der Waals surface area contributed by atoms with Crippen LogP contribution in [0.1, 0.15) is 5.69 Å². The monoisotopic (exact) mass is 508 g/mol. The van der Waals surface area contributed by atoms with E-state index in [1.807, 2.05) is 0 Å². The van der Waals surface area contributed by atoms with Gasteiger partial charge in [0, 0.05) is 25.4 Å². The van der Waals surface area contributed by atoms with Crippen LogP contribution in [0.3, 0.4) is 0 Å². The first-order valence-corrected chi connectivity index (χ1v) is 12.1. The van der Waals surface area contributed by atoms with Crippen LogP contribution in [0.2, 0.25) is 0 Å². The third-order valence-corrected chi connectivity index (χ3v) is 6.98. The van der Waals surface area contributed by atoms with Gasteiger partial charge < -0.3 is 4.90 Å². The fourth-order valence-corrected chi connectivity index (χ4v) is 4.79. The first-order valence-electron chi connectivity index (χ1n) is 9.34. The molecule has 2 aromatic carbocycles. The van der Waals surface area contributed by atoms with Crippen molar-refractivity contribution in [1.82, 2.24) is 20.0 Å². The lowest BCUT2D eigenvalue weighted by Gasteiger charge is -2.15. The van der Waals surface area contributed by atoms with Gasteiger partial charge in [-0.2, -0.15) is 4.98 Å². The summed E-state index contributed by atoms with van der Waals surface area (Å²) < 4.78 is 51.8. The second-order valence-electron chi connectivity index (χ2n) is 7.29. The van der Waals surface area contributed by atoms with Gasteiger partial charge in [-0.1, -0.05) is 16.6 Å². The molecule has 0 saturated carbocycles. The first kappa shape index (κ1) is 23.3. The highest BCUT2D eigenvalue weighted by Gasteiger charge is 2.23. The molecule has 0 aliphatic carbocycles. The zero-order valence-corrected chi connectivity index (χ0v) is 19.1. The number of rotatable bonds is 6. The zero-order chi connectivity index (χ0) is 24.8. The van der Waals surface area contributed by atoms with Crippen molar-refractivity contribution >= 4 is 42.1 Å². The Balaban J connectivity index is 1.70. The number of anilines is 1. The molecule has 0 amide bonds. The molecule has 4 aromatic rings. The number of non-ortho nitro benzene ring substituents is 1. The van der Waals surface area contributed by atoms with Gasteiger partial charge in [0.1, 0.15) is 22.0 Å². The SMILES string of the molecule is CN(Cc1cn(-c2cc(F)cc(F)c2)nn1)c1nc(=O)c2cc(S(C)(=O)=O)cc([N+](=O)[O-])c2s1. The van der Waals surface area contributed by atoms with Gasteiger partial charge in [0.05, 0.1) is 33.6 Å². The van der Waals surface area contributed by atoms with Crippen LogP contribution in [0.5, 0.6) is 0 Å². The Morgan fingerprint density at radius 2 is 1.85 bits per heavy atom. The number of fused-ring (bicyclic) bond motifs is 1. The van der Waals surface area contributed by atoms with Crippen molar-refractivity contribution in [2.45, 2.75) is 11.4 Å². The minimum atomic E-state index is -3.80. The molecule has 15 heteroatoms. The van der Waals surface area contributed by atoms with E-state index in [1.165, 1.54) is 15.8 Å². The third kappa shape index (κ3) is 4.60. The van der Waals surface area contributed by atoms with Crippen LogP contribution in [-0.4, -0.2) is 46.6 Å². The summed E-state index contributed by atoms with van der Waals surface area (Å²) in [6.07, 6.45) is 2.31. The van der Waals surface area contributed by atoms with Crippen molar-refractivity contribution < 1.29 is 22.1 Å². The molecule has 0 unspecified atom stereocenters. The highest BCUT2D eigenvalue weighted by atomic mass is 32.2. The Labute approximate surface area is 194 Å². The van der Waals surface area contributed by atoms with E-state index < -0.39 is 37.6 Å². The Kier molecular flexibility index (Phi) is 5.82. The summed E-state index contributed by atoms with van der Waals surface area (Å²) in [5, 5.41) is 19.3. The summed E-state index contributed by atoms with van der Waals surface area (Å²) in [4.78, 5) is 28.5. The van der Waals surface area contributed by atoms with Crippen molar-refractivity contribution in [3.05, 3.63) is 74.3 Å². The van der Waals surface area contributed by atoms with Crippen molar-refractivity contribution in [3.63, 3.8) is 0 Å². The number of hydrogen-bond acceptors (Lipinski definition) is 10. The summed E-state index contributed by atoms with van der Waals surface area (Å²) >= 11 is 0.834. The average Bonchev–Trinajstić information content (AvgIpc) is 3.20. The van der Waals surface area contributed by atoms with Crippen LogP contribution < -0.4 is 10.5 Å². The Morgan fingerprint density at radius 1 is 1.18 bits per heavy atom. The minimum Gasteiger partial charge on any atom is -0.345 e. The molecule has 0 saturated heterocycles. The predicted octanol–water partition coefficient (Wildman–Crippen LogP) is 2.46. The quantitative estimate of drug-likeness (QED) is 0.284. The third-order valence-electron chi connectivity index (χ3n) is 4.67. The Hall–Kier alpha value is -3.85. The second kappa shape index (κ2) is 8.49. The molecule has 176 valence electrons. The number of nitro benzene ring substituents is 1. The molecule has 0 radical (unpaired) electrons. The molecule has 0 aliphatic rings. The summed E-state index contributed by atoms with van der Waals surface area (Å²) in [7, 11) is -2.24. The number of halogens is 2. The van der Waals surface area contributed by atoms with Crippen LogP contribution in [-0.2, 0) is 16.4 Å². The maximum Gasteiger partial charge on any atom is 0.288 e. The van der Waals surface area contributed by atoms with Crippen LogP contribution in [0.25, 0.3) is 15.8 Å². The predicted molar refractivity (Wildman–Crippen MR) is 119 cm³/mol. The number of sulfone groups is 1. The fourth-order valence-electron chi connectivity index (χ4n) is 3.11. The van der Waals surface area contributed by atoms with Gasteiger partial charge in [0.2, 0.25) is 0 Å². The Morgan fingerprint density at radius 3 is 2.47 bits per heavy atom. The maximum absolute atomic E-state index is 13.5. The molecule has 0 fully saturated rings. The van der Waals surface area contributed by atoms with Crippen molar-refractivity contribution in [2.75, 3.05) is 18.2 Å². The van der Waals surface area contributed by atoms with E-state index in [4.69, 9.17) is 0 Å². The number of aromatic nitrogens is 4. The number of hydrogen-bond donors (Lipinski definition) is 0. The van der Waals surface area contributed by atoms with Gasteiger partial charge in [-0.05, 0) is 18.2 Å². The normalized spacial score (nSPS) is 11.6. The number of nitrogens with zero attached hydrogens (tertiary/aromatic N) is 6. The van der Waals surface area contributed by atoms with E-state index in [2.05, 4.69) is 15.3 Å². The van der Waals surface area contributed by atoms with Crippen LogP contribution >= 0.6 is 11.3 Å². The minimum absolute atomic E-state index is 0.0295. The van der Waals surface area contributed by atoms with Crippen LogP contribution in [0, 0.1) is 21.7 Å². The molecular weight excluding hydrogens is 494 g/mol. The van der Waals surface area contributed by atoms with Gasteiger partial charge in [-0.15, -0.1) is 5.10 Å². The van der Waals surface area contributed by atoms with Crippen LogP contribution in [0.4, 0.5) is 19.6 Å². The molecule has 0 spiro atoms. The molecule has 0 bridgehead atoms. The average molecular weight is 508 g/mol. The standard InChI is InChI=1S/C19H14F2N6O5S2/c1-25(8-12-9-26(24-23-12)13-4-10(20)3-11(21)5-13)19-22-18(28)15-6-14(34(2,31)32)7-16(27(29)30)17(15)33-19/h3-7,9H,8H2,1-2H3. The van der Waals surface area contributed by atoms with Crippen molar-refractivity contribution in [1.29, 1.82) is 0 Å². The van der Waals surface area contributed by atoms with Gasteiger partial charge in [0.25, 0.3) is 11.2 Å². The summed E-state index contributed by atoms with van der Waals surface area (Å²) in [6.45, 7) is 0.0570. The molecule has 0 aliphatic heterocycles. The van der Waals surface area contributed by atoms with Gasteiger partial charge in [-0.3, -0.25) is 14.9 Å². The van der Waals surface area contributed by atoms with Crippen molar-refractivity contribution in [3.8, 4) is 5.69 Å². The topological polar surface area (TPSA) is 141 Å². The van der Waals surface area contributed by atoms with Gasteiger partial charge in [0.15, 0.2) is 15.0 Å². The van der Waals surface area contributed by atoms with E-state index in [0.717, 1.165) is 47.9 Å². The maximum atomic E-state index is 13.5. The molecule has 4 rings (SSSR count). The summed E-state index contributed by atoms with van der Waals surface area (Å²) in [6, 6.07) is 4.84. The van der Waals surface area contributed by atoms with E-state index >= 15 is 0 Å². The summed E-state index contributed by atoms with van der Waals surface area (Å²) in [5.74, 6) is -1.56. The molecule has 0 atom stereocenters. The van der Waals surface area contributed by atoms with Crippen LogP contribution in [0.15, 0.2) is 46.2 Å². The van der Waals surface area contributed by atoms with E-state index in [9.17, 15) is 32.1 Å². The van der Waals surface area contributed by atoms with E-state index in [1.54, 1.807) is 7.05 Å². The Bertz CT molecular complexity index is 1600. The van der Waals surface area contributed by atoms with Crippen molar-refractivity contribution in [2.24, 2.45) is 0 Å². The zero-order valence-electron chi connectivity index (χ0n) is 17.5. The van der Waals surface area contributed by atoms with Gasteiger partial charge >= 0.3 is 0 Å². The second-order valence-corrected chi connectivity index (χ2v) is 10.3. The lowest BCUT2D eigenvalue weighted by Crippen LogP contribution is -2.20. The highest BCUT2D eigenvalue weighted by molar-refractivity contribution is 7.90. The molecular formula is C19H14F2N6O5S2. The van der Waals surface area contributed by atoms with E-state index in [-0.39, 0.29) is 32.3 Å². The van der Waals surface area contributed by atoms with E-state index in [0.29, 0.717) is 5.69 Å². The molecule has 0 N–H and O–H groups in total. The number of benzene rings is 2. The summed E-state index contributed by atoms with van der Waals surface area (Å²) in [5.41, 5.74) is -0.889. The smallest absolute Gasteiger partial charge is 0.288 e. The lowest BCUT2D eigenvalue weighted by atomic mass is 10.2. The molecule has 34 heavy (non-hydrogen) atoms. The number of nitro groups is 1. The first-order chi connectivity index (χ1) is 15.9. The largest absolute Gasteiger partial charge is 0.345 e. The van der Waals surface area contributed by atoms with Gasteiger partial charge in [-0.25, -0.2) is 21.9 Å².